The Bertz CT molecular complexity index is 745. The van der Waals surface area contributed by atoms with Gasteiger partial charge in [-0.2, -0.15) is 0 Å². The summed E-state index contributed by atoms with van der Waals surface area (Å²) < 4.78 is 11.6. The van der Waals surface area contributed by atoms with E-state index in [4.69, 9.17) is 9.47 Å². The third-order valence-electron chi connectivity index (χ3n) is 11.2. The summed E-state index contributed by atoms with van der Waals surface area (Å²) in [5.74, 6) is 0.701. The summed E-state index contributed by atoms with van der Waals surface area (Å²) >= 11 is 0. The predicted molar refractivity (Wildman–Crippen MR) is 228 cm³/mol. The van der Waals surface area contributed by atoms with Crippen molar-refractivity contribution in [3.63, 3.8) is 0 Å². The first-order valence-electron chi connectivity index (χ1n) is 23.7. The van der Waals surface area contributed by atoms with E-state index in [0.717, 1.165) is 90.3 Å². The van der Waals surface area contributed by atoms with Gasteiger partial charge in [0.25, 0.3) is 0 Å². The molecule has 0 rings (SSSR count). The highest BCUT2D eigenvalue weighted by Crippen LogP contribution is 2.21. The summed E-state index contributed by atoms with van der Waals surface area (Å²) in [5, 5.41) is 9.58. The SMILES string of the molecule is CCCCCCCCC(CCCCCCCC)OC(=O)CCCCCCCN(CCO)CCCCCCCC(=O)OCCC(CCCC)CCCCC. The third-order valence-corrected chi connectivity index (χ3v) is 11.2. The molecule has 316 valence electrons. The van der Waals surface area contributed by atoms with Crippen molar-refractivity contribution < 1.29 is 24.2 Å². The molecule has 0 spiro atoms. The molecule has 0 bridgehead atoms. The van der Waals surface area contributed by atoms with E-state index < -0.39 is 0 Å². The van der Waals surface area contributed by atoms with E-state index in [9.17, 15) is 14.7 Å². The number of nitrogens with zero attached hydrogens (tertiary/aromatic N) is 1. The van der Waals surface area contributed by atoms with Crippen molar-refractivity contribution in [1.82, 2.24) is 4.90 Å². The van der Waals surface area contributed by atoms with Gasteiger partial charge in [0.15, 0.2) is 0 Å². The molecule has 0 aromatic heterocycles. The van der Waals surface area contributed by atoms with E-state index in [1.807, 2.05) is 0 Å². The topological polar surface area (TPSA) is 76.1 Å². The van der Waals surface area contributed by atoms with Crippen molar-refractivity contribution in [2.45, 2.75) is 252 Å². The third kappa shape index (κ3) is 37.6. The first kappa shape index (κ1) is 51.9. The molecule has 6 nitrogen and oxygen atoms in total. The minimum Gasteiger partial charge on any atom is -0.466 e. The first-order valence-corrected chi connectivity index (χ1v) is 23.7. The van der Waals surface area contributed by atoms with Gasteiger partial charge < -0.3 is 19.5 Å². The Labute approximate surface area is 331 Å². The Morgan fingerprint density at radius 2 is 0.868 bits per heavy atom. The van der Waals surface area contributed by atoms with E-state index in [1.54, 1.807) is 0 Å². The fourth-order valence-corrected chi connectivity index (χ4v) is 7.58. The smallest absolute Gasteiger partial charge is 0.306 e. The largest absolute Gasteiger partial charge is 0.466 e. The summed E-state index contributed by atoms with van der Waals surface area (Å²) in [6.45, 7) is 12.6. The van der Waals surface area contributed by atoms with Crippen molar-refractivity contribution >= 4 is 11.9 Å². The van der Waals surface area contributed by atoms with Crippen molar-refractivity contribution in [2.24, 2.45) is 5.92 Å². The van der Waals surface area contributed by atoms with Gasteiger partial charge in [0.05, 0.1) is 13.2 Å². The van der Waals surface area contributed by atoms with Crippen LogP contribution in [0.4, 0.5) is 0 Å². The highest BCUT2D eigenvalue weighted by atomic mass is 16.5. The van der Waals surface area contributed by atoms with Gasteiger partial charge in [-0.15, -0.1) is 0 Å². The normalized spacial score (nSPS) is 12.2. The number of aliphatic hydroxyl groups is 1. The van der Waals surface area contributed by atoms with Crippen LogP contribution in [-0.4, -0.2) is 60.9 Å². The van der Waals surface area contributed by atoms with Crippen molar-refractivity contribution in [3.05, 3.63) is 0 Å². The number of rotatable bonds is 43. The molecule has 0 saturated heterocycles. The van der Waals surface area contributed by atoms with Gasteiger partial charge in [0.1, 0.15) is 6.10 Å². The quantitative estimate of drug-likeness (QED) is 0.0494. The van der Waals surface area contributed by atoms with Gasteiger partial charge in [-0.1, -0.05) is 175 Å². The summed E-state index contributed by atoms with van der Waals surface area (Å²) in [4.78, 5) is 27.4. The summed E-state index contributed by atoms with van der Waals surface area (Å²) in [6.07, 6.45) is 39.6. The van der Waals surface area contributed by atoms with Crippen molar-refractivity contribution in [1.29, 1.82) is 0 Å². The summed E-state index contributed by atoms with van der Waals surface area (Å²) in [7, 11) is 0. The Kier molecular flexibility index (Phi) is 41.1. The minimum absolute atomic E-state index is 0.0142. The number of ether oxygens (including phenoxy) is 2. The number of hydrogen-bond donors (Lipinski definition) is 1. The zero-order valence-electron chi connectivity index (χ0n) is 36.3. The van der Waals surface area contributed by atoms with Gasteiger partial charge in [-0.05, 0) is 76.8 Å². The molecule has 53 heavy (non-hydrogen) atoms. The van der Waals surface area contributed by atoms with Gasteiger partial charge in [-0.3, -0.25) is 9.59 Å². The molecule has 1 unspecified atom stereocenters. The van der Waals surface area contributed by atoms with Crippen LogP contribution in [0.1, 0.15) is 246 Å². The maximum Gasteiger partial charge on any atom is 0.306 e. The second-order valence-corrected chi connectivity index (χ2v) is 16.3. The maximum atomic E-state index is 12.7. The number of unbranched alkanes of at least 4 members (excludes halogenated alkanes) is 21. The van der Waals surface area contributed by atoms with Gasteiger partial charge in [0.2, 0.25) is 0 Å². The Morgan fingerprint density at radius 3 is 1.40 bits per heavy atom. The lowest BCUT2D eigenvalue weighted by atomic mass is 9.93. The van der Waals surface area contributed by atoms with E-state index in [0.29, 0.717) is 25.4 Å². The van der Waals surface area contributed by atoms with Crippen molar-refractivity contribution in [3.8, 4) is 0 Å². The second-order valence-electron chi connectivity index (χ2n) is 16.3. The lowest BCUT2D eigenvalue weighted by Gasteiger charge is -2.21. The first-order chi connectivity index (χ1) is 26.0. The van der Waals surface area contributed by atoms with Crippen molar-refractivity contribution in [2.75, 3.05) is 32.8 Å². The number of hydrogen-bond acceptors (Lipinski definition) is 6. The lowest BCUT2D eigenvalue weighted by Crippen LogP contribution is -2.29. The monoisotopic (exact) mass is 752 g/mol. The molecule has 0 aliphatic rings. The minimum atomic E-state index is -0.0203. The molecule has 1 N–H and O–H groups in total. The van der Waals surface area contributed by atoms with Gasteiger partial charge >= 0.3 is 11.9 Å². The summed E-state index contributed by atoms with van der Waals surface area (Å²) in [5.41, 5.74) is 0. The van der Waals surface area contributed by atoms with E-state index in [2.05, 4.69) is 32.6 Å². The van der Waals surface area contributed by atoms with Crippen LogP contribution in [0.15, 0.2) is 0 Å². The van der Waals surface area contributed by atoms with Crippen LogP contribution in [0.3, 0.4) is 0 Å². The van der Waals surface area contributed by atoms with E-state index in [-0.39, 0.29) is 24.6 Å². The van der Waals surface area contributed by atoms with Gasteiger partial charge in [-0.25, -0.2) is 0 Å². The molecule has 6 heteroatoms. The molecular formula is C47H93NO5. The molecule has 0 aliphatic heterocycles. The molecule has 0 saturated carbocycles. The molecule has 0 heterocycles. The molecule has 0 amide bonds. The van der Waals surface area contributed by atoms with Crippen LogP contribution < -0.4 is 0 Å². The van der Waals surface area contributed by atoms with Crippen LogP contribution >= 0.6 is 0 Å². The Balaban J connectivity index is 4.05. The Morgan fingerprint density at radius 1 is 0.453 bits per heavy atom. The number of carbonyl (C=O) groups excluding carboxylic acids is 2. The average molecular weight is 752 g/mol. The number of aliphatic hydroxyl groups excluding tert-OH is 1. The standard InChI is InChI=1S/C47H93NO5/c1-5-9-13-15-19-26-34-45(35-27-20-16-14-10-6-2)53-47(51)37-29-22-18-24-31-40-48(41-42-49)39-30-23-17-21-28-36-46(50)52-43-38-44(32-12-8-4)33-25-11-7-3/h44-45,49H,5-43H2,1-4H3. The molecule has 0 aromatic carbocycles. The Hall–Kier alpha value is -1.14. The fraction of sp³-hybridized carbons (Fsp3) is 0.957. The average Bonchev–Trinajstić information content (AvgIpc) is 3.15. The number of esters is 2. The molecule has 0 aromatic rings. The van der Waals surface area contributed by atoms with Crippen LogP contribution in [0.2, 0.25) is 0 Å². The molecule has 0 radical (unpaired) electrons. The molecule has 0 fully saturated rings. The van der Waals surface area contributed by atoms with E-state index in [1.165, 1.54) is 135 Å². The fourth-order valence-electron chi connectivity index (χ4n) is 7.58. The van der Waals surface area contributed by atoms with Crippen LogP contribution in [0, 0.1) is 5.92 Å². The highest BCUT2D eigenvalue weighted by Gasteiger charge is 2.15. The maximum absolute atomic E-state index is 12.7. The predicted octanol–water partition coefficient (Wildman–Crippen LogP) is 13.7. The van der Waals surface area contributed by atoms with Gasteiger partial charge in [0, 0.05) is 19.4 Å². The molecule has 0 aliphatic carbocycles. The molecule has 1 atom stereocenters. The lowest BCUT2D eigenvalue weighted by molar-refractivity contribution is -0.150. The second kappa shape index (κ2) is 42.0. The summed E-state index contributed by atoms with van der Waals surface area (Å²) in [6, 6.07) is 0. The van der Waals surface area contributed by atoms with E-state index >= 15 is 0 Å². The molecular weight excluding hydrogens is 659 g/mol. The zero-order valence-corrected chi connectivity index (χ0v) is 36.3. The number of carbonyl (C=O) groups is 2. The highest BCUT2D eigenvalue weighted by molar-refractivity contribution is 5.69. The zero-order chi connectivity index (χ0) is 38.9. The van der Waals surface area contributed by atoms with Crippen LogP contribution in [0.25, 0.3) is 0 Å². The van der Waals surface area contributed by atoms with Crippen LogP contribution in [0.5, 0.6) is 0 Å². The van der Waals surface area contributed by atoms with Crippen LogP contribution in [-0.2, 0) is 19.1 Å².